The molecule has 0 saturated carbocycles. The van der Waals surface area contributed by atoms with Crippen LogP contribution in [0.2, 0.25) is 5.02 Å². The quantitative estimate of drug-likeness (QED) is 0.725. The first kappa shape index (κ1) is 19.0. The van der Waals surface area contributed by atoms with Crippen molar-refractivity contribution >= 4 is 23.4 Å². The van der Waals surface area contributed by atoms with Gasteiger partial charge in [-0.1, -0.05) is 11.6 Å². The number of hydrogen-bond donors (Lipinski definition) is 3. The van der Waals surface area contributed by atoms with Crippen LogP contribution in [0.1, 0.15) is 46.1 Å². The van der Waals surface area contributed by atoms with Gasteiger partial charge in [-0.15, -0.1) is 0 Å². The van der Waals surface area contributed by atoms with Crippen molar-refractivity contribution in [2.75, 3.05) is 6.61 Å². The topological polar surface area (TPSA) is 114 Å². The van der Waals surface area contributed by atoms with Crippen LogP contribution in [-0.4, -0.2) is 23.4 Å². The van der Waals surface area contributed by atoms with Gasteiger partial charge in [0.1, 0.15) is 11.3 Å². The number of aromatic nitrogens is 1. The monoisotopic (exact) mass is 389 g/mol. The van der Waals surface area contributed by atoms with Crippen molar-refractivity contribution in [1.82, 2.24) is 10.3 Å². The van der Waals surface area contributed by atoms with Crippen LogP contribution in [0.25, 0.3) is 0 Å². The van der Waals surface area contributed by atoms with Gasteiger partial charge in [-0.2, -0.15) is 0 Å². The van der Waals surface area contributed by atoms with Crippen LogP contribution < -0.4 is 21.3 Å². The number of H-pyrrole nitrogens is 1. The Morgan fingerprint density at radius 1 is 1.37 bits per heavy atom. The molecule has 0 radical (unpaired) electrons. The lowest BCUT2D eigenvalue weighted by Gasteiger charge is -2.26. The van der Waals surface area contributed by atoms with E-state index in [1.165, 1.54) is 6.07 Å². The van der Waals surface area contributed by atoms with E-state index in [-0.39, 0.29) is 24.1 Å². The van der Waals surface area contributed by atoms with Gasteiger partial charge in [-0.25, -0.2) is 0 Å². The summed E-state index contributed by atoms with van der Waals surface area (Å²) in [6.45, 7) is 1.69. The molecule has 8 heteroatoms. The average Bonchev–Trinajstić information content (AvgIpc) is 2.60. The van der Waals surface area contributed by atoms with Gasteiger partial charge < -0.3 is 20.8 Å². The minimum atomic E-state index is -0.795. The maximum atomic E-state index is 12.3. The minimum absolute atomic E-state index is 0.108. The van der Waals surface area contributed by atoms with Gasteiger partial charge in [0.05, 0.1) is 6.04 Å². The Labute approximate surface area is 160 Å². The molecular formula is C19H20ClN3O4. The number of aromatic amines is 1. The van der Waals surface area contributed by atoms with E-state index in [0.29, 0.717) is 29.2 Å². The van der Waals surface area contributed by atoms with Gasteiger partial charge in [0.2, 0.25) is 0 Å². The first-order chi connectivity index (χ1) is 12.8. The van der Waals surface area contributed by atoms with Crippen molar-refractivity contribution in [2.24, 2.45) is 5.73 Å². The second-order valence-electron chi connectivity index (χ2n) is 6.52. The van der Waals surface area contributed by atoms with E-state index in [9.17, 15) is 14.4 Å². The number of hydrogen-bond acceptors (Lipinski definition) is 4. The number of fused-ring (bicyclic) bond motifs is 1. The van der Waals surface area contributed by atoms with Crippen molar-refractivity contribution in [1.29, 1.82) is 0 Å². The van der Waals surface area contributed by atoms with Crippen LogP contribution in [0, 0.1) is 6.92 Å². The van der Waals surface area contributed by atoms with Gasteiger partial charge in [0.15, 0.2) is 6.61 Å². The molecule has 1 unspecified atom stereocenters. The van der Waals surface area contributed by atoms with Gasteiger partial charge >= 0.3 is 0 Å². The molecule has 0 fully saturated rings. The molecular weight excluding hydrogens is 370 g/mol. The van der Waals surface area contributed by atoms with E-state index in [2.05, 4.69) is 10.3 Å². The van der Waals surface area contributed by atoms with Crippen LogP contribution >= 0.6 is 11.6 Å². The Bertz CT molecular complexity index is 954. The second kappa shape index (κ2) is 7.84. The molecule has 1 atom stereocenters. The zero-order valence-electron chi connectivity index (χ0n) is 14.8. The molecule has 2 amide bonds. The average molecular weight is 390 g/mol. The lowest BCUT2D eigenvalue weighted by atomic mass is 9.90. The first-order valence-electron chi connectivity index (χ1n) is 8.59. The highest BCUT2D eigenvalue weighted by Gasteiger charge is 2.25. The smallest absolute Gasteiger partial charge is 0.261 e. The number of rotatable bonds is 5. The Hall–Kier alpha value is -2.80. The molecule has 1 aromatic carbocycles. The second-order valence-corrected chi connectivity index (χ2v) is 6.96. The van der Waals surface area contributed by atoms with Crippen LogP contribution in [0.4, 0.5) is 0 Å². The molecule has 1 aliphatic rings. The molecule has 0 aliphatic heterocycles. The number of benzene rings is 1. The Morgan fingerprint density at radius 2 is 2.15 bits per heavy atom. The van der Waals surface area contributed by atoms with Crippen LogP contribution in [-0.2, 0) is 11.2 Å². The number of pyridine rings is 1. The third-order valence-corrected chi connectivity index (χ3v) is 4.78. The van der Waals surface area contributed by atoms with Gasteiger partial charge in [0.25, 0.3) is 17.4 Å². The van der Waals surface area contributed by atoms with Crippen molar-refractivity contribution in [3.63, 3.8) is 0 Å². The highest BCUT2D eigenvalue weighted by atomic mass is 35.5. The predicted octanol–water partition coefficient (Wildman–Crippen LogP) is 2.01. The van der Waals surface area contributed by atoms with Crippen LogP contribution in [0.3, 0.4) is 0 Å². The molecule has 27 heavy (non-hydrogen) atoms. The third-order valence-electron chi connectivity index (χ3n) is 4.55. The van der Waals surface area contributed by atoms with E-state index in [1.807, 2.05) is 6.92 Å². The number of amides is 2. The molecule has 1 heterocycles. The summed E-state index contributed by atoms with van der Waals surface area (Å²) < 4.78 is 5.56. The molecule has 7 nitrogen and oxygen atoms in total. The largest absolute Gasteiger partial charge is 0.484 e. The van der Waals surface area contributed by atoms with E-state index < -0.39 is 11.5 Å². The van der Waals surface area contributed by atoms with Crippen molar-refractivity contribution in [2.45, 2.75) is 32.2 Å². The number of aryl methyl sites for hydroxylation is 2. The molecule has 0 saturated heterocycles. The highest BCUT2D eigenvalue weighted by Crippen LogP contribution is 2.28. The summed E-state index contributed by atoms with van der Waals surface area (Å²) >= 11 is 5.91. The number of primary amides is 1. The number of nitrogens with two attached hydrogens (primary N) is 1. The zero-order valence-corrected chi connectivity index (χ0v) is 15.6. The molecule has 142 valence electrons. The fraction of sp³-hybridized carbons (Fsp3) is 0.316. The predicted molar refractivity (Wildman–Crippen MR) is 101 cm³/mol. The standard InChI is InChI=1S/C19H20ClN3O4/c1-10-7-11(20)5-6-16(10)27-9-17(24)22-14-3-2-4-15-12(14)8-13(18(21)25)19(26)23-15/h5-8,14H,2-4,9H2,1H3,(H2,21,25)(H,22,24)(H,23,26). The number of halogens is 1. The summed E-state index contributed by atoms with van der Waals surface area (Å²) in [6, 6.07) is 6.33. The van der Waals surface area contributed by atoms with E-state index in [0.717, 1.165) is 17.7 Å². The molecule has 3 rings (SSSR count). The highest BCUT2D eigenvalue weighted by molar-refractivity contribution is 6.30. The third kappa shape index (κ3) is 4.31. The maximum Gasteiger partial charge on any atom is 0.261 e. The van der Waals surface area contributed by atoms with Gasteiger partial charge in [-0.05, 0) is 61.6 Å². The molecule has 1 aliphatic carbocycles. The summed E-state index contributed by atoms with van der Waals surface area (Å²) in [5.74, 6) is -0.510. The molecule has 0 spiro atoms. The maximum absolute atomic E-state index is 12.3. The molecule has 2 aromatic rings. The summed E-state index contributed by atoms with van der Waals surface area (Å²) in [5, 5.41) is 3.50. The first-order valence-corrected chi connectivity index (χ1v) is 8.97. The Kier molecular flexibility index (Phi) is 5.51. The summed E-state index contributed by atoms with van der Waals surface area (Å²) in [7, 11) is 0. The van der Waals surface area contributed by atoms with E-state index in [1.54, 1.807) is 18.2 Å². The number of carbonyl (C=O) groups is 2. The van der Waals surface area contributed by atoms with E-state index in [4.69, 9.17) is 22.1 Å². The SMILES string of the molecule is Cc1cc(Cl)ccc1OCC(=O)NC1CCCc2[nH]c(=O)c(C(N)=O)cc21. The molecule has 1 aromatic heterocycles. The van der Waals surface area contributed by atoms with E-state index >= 15 is 0 Å². The normalized spacial score (nSPS) is 15.7. The molecule has 4 N–H and O–H groups in total. The molecule has 0 bridgehead atoms. The van der Waals surface area contributed by atoms with Crippen LogP contribution in [0.15, 0.2) is 29.1 Å². The minimum Gasteiger partial charge on any atom is -0.484 e. The lowest BCUT2D eigenvalue weighted by Crippen LogP contribution is -2.36. The Morgan fingerprint density at radius 3 is 2.85 bits per heavy atom. The van der Waals surface area contributed by atoms with Gasteiger partial charge in [-0.3, -0.25) is 14.4 Å². The summed E-state index contributed by atoms with van der Waals surface area (Å²) in [4.78, 5) is 38.4. The van der Waals surface area contributed by atoms with Crippen molar-refractivity contribution in [3.8, 4) is 5.75 Å². The van der Waals surface area contributed by atoms with Crippen LogP contribution in [0.5, 0.6) is 5.75 Å². The Balaban J connectivity index is 1.71. The zero-order chi connectivity index (χ0) is 19.6. The summed E-state index contributed by atoms with van der Waals surface area (Å²) in [6.07, 6.45) is 2.18. The fourth-order valence-corrected chi connectivity index (χ4v) is 3.45. The van der Waals surface area contributed by atoms with Gasteiger partial charge in [0, 0.05) is 10.7 Å². The summed E-state index contributed by atoms with van der Waals surface area (Å²) in [5.41, 5.74) is 6.91. The van der Waals surface area contributed by atoms with Crippen molar-refractivity contribution < 1.29 is 14.3 Å². The number of ether oxygens (including phenoxy) is 1. The lowest BCUT2D eigenvalue weighted by molar-refractivity contribution is -0.124. The van der Waals surface area contributed by atoms with Crippen molar-refractivity contribution in [3.05, 3.63) is 62.0 Å². The fourth-order valence-electron chi connectivity index (χ4n) is 3.23. The number of nitrogens with one attached hydrogen (secondary N) is 2. The number of carbonyl (C=O) groups excluding carboxylic acids is 2.